The van der Waals surface area contributed by atoms with Crippen LogP contribution < -0.4 is 4.72 Å². The number of anilines is 1. The Hall–Kier alpha value is -1.81. The standard InChI is InChI=1S/C16H19NO2S/c1-11-5-7-15(8-6-11)20(18,19)17-16-10-12(2)9-13(3)14(16)4/h5-10,17H,1-4H3. The molecule has 0 aliphatic heterocycles. The van der Waals surface area contributed by atoms with Gasteiger partial charge < -0.3 is 0 Å². The van der Waals surface area contributed by atoms with Crippen LogP contribution in [0.5, 0.6) is 0 Å². The van der Waals surface area contributed by atoms with Crippen molar-refractivity contribution in [2.45, 2.75) is 32.6 Å². The van der Waals surface area contributed by atoms with E-state index in [-0.39, 0.29) is 4.90 Å². The van der Waals surface area contributed by atoms with E-state index in [0.717, 1.165) is 22.3 Å². The van der Waals surface area contributed by atoms with E-state index in [2.05, 4.69) is 4.72 Å². The van der Waals surface area contributed by atoms with Crippen LogP contribution in [0.1, 0.15) is 22.3 Å². The number of hydrogen-bond donors (Lipinski definition) is 1. The molecule has 0 saturated heterocycles. The zero-order chi connectivity index (χ0) is 14.9. The lowest BCUT2D eigenvalue weighted by Gasteiger charge is -2.13. The summed E-state index contributed by atoms with van der Waals surface area (Å²) in [6.07, 6.45) is 0. The van der Waals surface area contributed by atoms with Crippen LogP contribution in [0, 0.1) is 27.7 Å². The van der Waals surface area contributed by atoms with Gasteiger partial charge in [-0.25, -0.2) is 8.42 Å². The minimum atomic E-state index is -3.54. The van der Waals surface area contributed by atoms with Crippen molar-refractivity contribution in [1.29, 1.82) is 0 Å². The fourth-order valence-corrected chi connectivity index (χ4v) is 3.18. The van der Waals surface area contributed by atoms with E-state index in [4.69, 9.17) is 0 Å². The lowest BCUT2D eigenvalue weighted by Crippen LogP contribution is -2.14. The predicted molar refractivity (Wildman–Crippen MR) is 82.6 cm³/mol. The van der Waals surface area contributed by atoms with Crippen LogP contribution in [0.2, 0.25) is 0 Å². The SMILES string of the molecule is Cc1ccc(S(=O)(=O)Nc2cc(C)cc(C)c2C)cc1. The maximum Gasteiger partial charge on any atom is 0.261 e. The summed E-state index contributed by atoms with van der Waals surface area (Å²) in [6.45, 7) is 7.78. The van der Waals surface area contributed by atoms with E-state index in [9.17, 15) is 8.42 Å². The molecule has 0 fully saturated rings. The number of hydrogen-bond acceptors (Lipinski definition) is 2. The average molecular weight is 289 g/mol. The van der Waals surface area contributed by atoms with Gasteiger partial charge in [0, 0.05) is 0 Å². The van der Waals surface area contributed by atoms with Crippen molar-refractivity contribution in [3.63, 3.8) is 0 Å². The van der Waals surface area contributed by atoms with Gasteiger partial charge in [0.05, 0.1) is 10.6 Å². The first-order valence-corrected chi connectivity index (χ1v) is 7.95. The third-order valence-electron chi connectivity index (χ3n) is 3.39. The number of rotatable bonds is 3. The number of aryl methyl sites for hydroxylation is 3. The van der Waals surface area contributed by atoms with Gasteiger partial charge in [-0.2, -0.15) is 0 Å². The van der Waals surface area contributed by atoms with Crippen molar-refractivity contribution in [1.82, 2.24) is 0 Å². The van der Waals surface area contributed by atoms with E-state index in [1.165, 1.54) is 0 Å². The highest BCUT2D eigenvalue weighted by atomic mass is 32.2. The van der Waals surface area contributed by atoms with Crippen LogP contribution in [-0.2, 0) is 10.0 Å². The zero-order valence-electron chi connectivity index (χ0n) is 12.2. The monoisotopic (exact) mass is 289 g/mol. The van der Waals surface area contributed by atoms with Crippen LogP contribution >= 0.6 is 0 Å². The van der Waals surface area contributed by atoms with E-state index in [1.54, 1.807) is 24.3 Å². The summed E-state index contributed by atoms with van der Waals surface area (Å²) in [5, 5.41) is 0. The lowest BCUT2D eigenvalue weighted by atomic mass is 10.1. The second-order valence-electron chi connectivity index (χ2n) is 5.17. The third-order valence-corrected chi connectivity index (χ3v) is 4.77. The molecule has 0 aliphatic rings. The van der Waals surface area contributed by atoms with E-state index in [0.29, 0.717) is 5.69 Å². The summed E-state index contributed by atoms with van der Waals surface area (Å²) in [7, 11) is -3.54. The maximum absolute atomic E-state index is 12.4. The van der Waals surface area contributed by atoms with Gasteiger partial charge in [0.15, 0.2) is 0 Å². The molecule has 0 amide bonds. The highest BCUT2D eigenvalue weighted by Gasteiger charge is 2.15. The highest BCUT2D eigenvalue weighted by molar-refractivity contribution is 7.92. The topological polar surface area (TPSA) is 46.2 Å². The normalized spacial score (nSPS) is 11.4. The second-order valence-corrected chi connectivity index (χ2v) is 6.86. The minimum Gasteiger partial charge on any atom is -0.279 e. The molecule has 0 spiro atoms. The minimum absolute atomic E-state index is 0.279. The number of sulfonamides is 1. The first kappa shape index (κ1) is 14.6. The Morgan fingerprint density at radius 3 is 2.05 bits per heavy atom. The summed E-state index contributed by atoms with van der Waals surface area (Å²) in [4.78, 5) is 0.279. The van der Waals surface area contributed by atoms with Crippen molar-refractivity contribution in [3.8, 4) is 0 Å². The summed E-state index contributed by atoms with van der Waals surface area (Å²) in [5.74, 6) is 0. The number of benzene rings is 2. The average Bonchev–Trinajstić information content (AvgIpc) is 2.35. The van der Waals surface area contributed by atoms with Gasteiger partial charge in [0.2, 0.25) is 0 Å². The van der Waals surface area contributed by atoms with Crippen molar-refractivity contribution < 1.29 is 8.42 Å². The first-order chi connectivity index (χ1) is 9.29. The Balaban J connectivity index is 2.41. The van der Waals surface area contributed by atoms with E-state index >= 15 is 0 Å². The van der Waals surface area contributed by atoms with Crippen LogP contribution in [0.4, 0.5) is 5.69 Å². The van der Waals surface area contributed by atoms with E-state index in [1.807, 2.05) is 39.8 Å². The molecule has 0 bridgehead atoms. The smallest absolute Gasteiger partial charge is 0.261 e. The molecule has 106 valence electrons. The van der Waals surface area contributed by atoms with Gasteiger partial charge in [-0.1, -0.05) is 23.8 Å². The fourth-order valence-electron chi connectivity index (χ4n) is 2.07. The van der Waals surface area contributed by atoms with Gasteiger partial charge in [0.25, 0.3) is 10.0 Å². The van der Waals surface area contributed by atoms with Crippen molar-refractivity contribution >= 4 is 15.7 Å². The van der Waals surface area contributed by atoms with Crippen molar-refractivity contribution in [2.24, 2.45) is 0 Å². The molecule has 0 aromatic heterocycles. The molecule has 0 unspecified atom stereocenters. The lowest BCUT2D eigenvalue weighted by molar-refractivity contribution is 0.601. The molecular weight excluding hydrogens is 270 g/mol. The summed E-state index contributed by atoms with van der Waals surface area (Å²) in [6, 6.07) is 10.7. The van der Waals surface area contributed by atoms with Gasteiger partial charge in [0.1, 0.15) is 0 Å². The Kier molecular flexibility index (Phi) is 3.86. The Labute approximate surface area is 120 Å². The molecule has 0 aliphatic carbocycles. The zero-order valence-corrected chi connectivity index (χ0v) is 13.0. The van der Waals surface area contributed by atoms with Gasteiger partial charge >= 0.3 is 0 Å². The maximum atomic E-state index is 12.4. The molecule has 2 aromatic carbocycles. The van der Waals surface area contributed by atoms with Crippen LogP contribution in [0.25, 0.3) is 0 Å². The summed E-state index contributed by atoms with van der Waals surface area (Å²) >= 11 is 0. The second kappa shape index (κ2) is 5.29. The van der Waals surface area contributed by atoms with Gasteiger partial charge in [-0.3, -0.25) is 4.72 Å². The largest absolute Gasteiger partial charge is 0.279 e. The Bertz CT molecular complexity index is 732. The molecule has 1 N–H and O–H groups in total. The molecular formula is C16H19NO2S. The molecule has 0 radical (unpaired) electrons. The van der Waals surface area contributed by atoms with Crippen LogP contribution in [0.3, 0.4) is 0 Å². The molecule has 20 heavy (non-hydrogen) atoms. The quantitative estimate of drug-likeness (QED) is 0.936. The third kappa shape index (κ3) is 3.02. The van der Waals surface area contributed by atoms with Crippen molar-refractivity contribution in [3.05, 3.63) is 58.7 Å². The van der Waals surface area contributed by atoms with Crippen LogP contribution in [0.15, 0.2) is 41.3 Å². The fraction of sp³-hybridized carbons (Fsp3) is 0.250. The van der Waals surface area contributed by atoms with E-state index < -0.39 is 10.0 Å². The number of nitrogens with one attached hydrogen (secondary N) is 1. The summed E-state index contributed by atoms with van der Waals surface area (Å²) in [5.41, 5.74) is 4.74. The molecule has 3 nitrogen and oxygen atoms in total. The molecule has 0 saturated carbocycles. The summed E-state index contributed by atoms with van der Waals surface area (Å²) < 4.78 is 27.4. The Morgan fingerprint density at radius 2 is 1.45 bits per heavy atom. The molecule has 2 rings (SSSR count). The van der Waals surface area contributed by atoms with Gasteiger partial charge in [-0.05, 0) is 62.6 Å². The highest BCUT2D eigenvalue weighted by Crippen LogP contribution is 2.24. The molecule has 0 heterocycles. The Morgan fingerprint density at radius 1 is 0.850 bits per heavy atom. The molecule has 2 aromatic rings. The molecule has 4 heteroatoms. The van der Waals surface area contributed by atoms with Crippen LogP contribution in [-0.4, -0.2) is 8.42 Å². The van der Waals surface area contributed by atoms with Gasteiger partial charge in [-0.15, -0.1) is 0 Å². The van der Waals surface area contributed by atoms with Crippen molar-refractivity contribution in [2.75, 3.05) is 4.72 Å². The first-order valence-electron chi connectivity index (χ1n) is 6.47. The predicted octanol–water partition coefficient (Wildman–Crippen LogP) is 3.72. The molecule has 0 atom stereocenters.